The summed E-state index contributed by atoms with van der Waals surface area (Å²) >= 11 is 1.43. The highest BCUT2D eigenvalue weighted by atomic mass is 32.1. The number of fused-ring (bicyclic) bond motifs is 1. The molecule has 1 aromatic carbocycles. The molecule has 4 nitrogen and oxygen atoms in total. The van der Waals surface area contributed by atoms with E-state index in [2.05, 4.69) is 4.98 Å². The number of nitrogens with two attached hydrogens (primary N) is 1. The van der Waals surface area contributed by atoms with Gasteiger partial charge < -0.3 is 5.73 Å². The van der Waals surface area contributed by atoms with Gasteiger partial charge in [0, 0.05) is 0 Å². The average molecular weight is 299 g/mol. The van der Waals surface area contributed by atoms with Crippen LogP contribution in [0.25, 0.3) is 10.2 Å². The third-order valence-corrected chi connectivity index (χ3v) is 4.44. The van der Waals surface area contributed by atoms with Gasteiger partial charge in [0.1, 0.15) is 10.5 Å². The molecule has 3 aromatic rings. The van der Waals surface area contributed by atoms with E-state index in [4.69, 9.17) is 5.73 Å². The molecule has 0 spiro atoms. The molecule has 5 heteroatoms. The van der Waals surface area contributed by atoms with Gasteiger partial charge in [-0.2, -0.15) is 0 Å². The molecule has 1 unspecified atom stereocenters. The molecule has 21 heavy (non-hydrogen) atoms. The third kappa shape index (κ3) is 2.62. The summed E-state index contributed by atoms with van der Waals surface area (Å²) in [6.45, 7) is 2.51. The Labute approximate surface area is 126 Å². The lowest BCUT2D eigenvalue weighted by molar-refractivity contribution is 0.576. The fraction of sp³-hybridized carbons (Fsp3) is 0.250. The first kappa shape index (κ1) is 14.0. The molecule has 2 heterocycles. The molecule has 0 fully saturated rings. The van der Waals surface area contributed by atoms with Crippen LogP contribution in [-0.4, -0.2) is 9.55 Å². The van der Waals surface area contributed by atoms with Crippen molar-refractivity contribution >= 4 is 21.6 Å². The van der Waals surface area contributed by atoms with E-state index in [9.17, 15) is 4.79 Å². The maximum atomic E-state index is 12.7. The number of thiophene rings is 1. The zero-order valence-corrected chi connectivity index (χ0v) is 12.6. The summed E-state index contributed by atoms with van der Waals surface area (Å²) in [6.07, 6.45) is 0.747. The van der Waals surface area contributed by atoms with Gasteiger partial charge in [-0.15, -0.1) is 11.3 Å². The Bertz CT molecular complexity index is 807. The standard InChI is InChI=1S/C16H17N3OS/c1-2-12(17)15-18-13-8-9-21-14(13)16(20)19(15)10-11-6-4-3-5-7-11/h3-9,12H,2,10,17H2,1H3. The monoisotopic (exact) mass is 299 g/mol. The minimum Gasteiger partial charge on any atom is -0.321 e. The second kappa shape index (κ2) is 5.79. The van der Waals surface area contributed by atoms with Crippen LogP contribution in [0.5, 0.6) is 0 Å². The van der Waals surface area contributed by atoms with Gasteiger partial charge in [-0.05, 0) is 23.4 Å². The largest absolute Gasteiger partial charge is 0.321 e. The highest BCUT2D eigenvalue weighted by Crippen LogP contribution is 2.19. The van der Waals surface area contributed by atoms with Gasteiger partial charge in [0.25, 0.3) is 5.56 Å². The quantitative estimate of drug-likeness (QED) is 0.805. The van der Waals surface area contributed by atoms with Gasteiger partial charge in [-0.25, -0.2) is 4.98 Å². The minimum atomic E-state index is -0.231. The molecule has 0 saturated heterocycles. The van der Waals surface area contributed by atoms with Gasteiger partial charge in [-0.1, -0.05) is 37.3 Å². The van der Waals surface area contributed by atoms with E-state index in [1.165, 1.54) is 11.3 Å². The second-order valence-corrected chi connectivity index (χ2v) is 5.91. The summed E-state index contributed by atoms with van der Waals surface area (Å²) in [4.78, 5) is 17.3. The van der Waals surface area contributed by atoms with Crippen LogP contribution in [0.1, 0.15) is 30.8 Å². The molecule has 0 saturated carbocycles. The number of rotatable bonds is 4. The maximum absolute atomic E-state index is 12.7. The van der Waals surface area contributed by atoms with E-state index < -0.39 is 0 Å². The molecule has 1 atom stereocenters. The molecule has 2 N–H and O–H groups in total. The Morgan fingerprint density at radius 3 is 2.76 bits per heavy atom. The average Bonchev–Trinajstić information content (AvgIpc) is 2.99. The van der Waals surface area contributed by atoms with Gasteiger partial charge >= 0.3 is 0 Å². The smallest absolute Gasteiger partial charge is 0.271 e. The fourth-order valence-electron chi connectivity index (χ4n) is 2.35. The number of hydrogen-bond acceptors (Lipinski definition) is 4. The van der Waals surface area contributed by atoms with E-state index >= 15 is 0 Å². The second-order valence-electron chi connectivity index (χ2n) is 5.00. The predicted molar refractivity (Wildman–Crippen MR) is 86.6 cm³/mol. The van der Waals surface area contributed by atoms with Crippen molar-refractivity contribution in [3.63, 3.8) is 0 Å². The van der Waals surface area contributed by atoms with E-state index in [-0.39, 0.29) is 11.6 Å². The van der Waals surface area contributed by atoms with Crippen LogP contribution in [0, 0.1) is 0 Å². The third-order valence-electron chi connectivity index (χ3n) is 3.55. The molecule has 0 radical (unpaired) electrons. The lowest BCUT2D eigenvalue weighted by Crippen LogP contribution is -2.29. The van der Waals surface area contributed by atoms with Crippen molar-refractivity contribution in [1.82, 2.24) is 9.55 Å². The molecule has 0 bridgehead atoms. The van der Waals surface area contributed by atoms with Gasteiger partial charge in [0.05, 0.1) is 18.1 Å². The summed E-state index contributed by atoms with van der Waals surface area (Å²) in [5.74, 6) is 0.664. The van der Waals surface area contributed by atoms with Gasteiger partial charge in [0.15, 0.2) is 0 Å². The highest BCUT2D eigenvalue weighted by molar-refractivity contribution is 7.17. The molecule has 108 valence electrons. The van der Waals surface area contributed by atoms with Crippen molar-refractivity contribution in [1.29, 1.82) is 0 Å². The Morgan fingerprint density at radius 2 is 2.05 bits per heavy atom. The van der Waals surface area contributed by atoms with Crippen molar-refractivity contribution in [2.45, 2.75) is 25.9 Å². The molecular weight excluding hydrogens is 282 g/mol. The summed E-state index contributed by atoms with van der Waals surface area (Å²) in [5, 5.41) is 1.90. The van der Waals surface area contributed by atoms with Gasteiger partial charge in [-0.3, -0.25) is 9.36 Å². The first-order valence-corrected chi connectivity index (χ1v) is 7.86. The first-order valence-electron chi connectivity index (χ1n) is 6.98. The van der Waals surface area contributed by atoms with E-state index in [0.717, 1.165) is 17.5 Å². The zero-order chi connectivity index (χ0) is 14.8. The van der Waals surface area contributed by atoms with Crippen LogP contribution < -0.4 is 11.3 Å². The number of aromatic nitrogens is 2. The Morgan fingerprint density at radius 1 is 1.29 bits per heavy atom. The van der Waals surface area contributed by atoms with Crippen molar-refractivity contribution in [2.75, 3.05) is 0 Å². The van der Waals surface area contributed by atoms with Crippen LogP contribution in [0.4, 0.5) is 0 Å². The highest BCUT2D eigenvalue weighted by Gasteiger charge is 2.16. The number of benzene rings is 1. The zero-order valence-electron chi connectivity index (χ0n) is 11.8. The normalized spacial score (nSPS) is 12.7. The van der Waals surface area contributed by atoms with E-state index in [1.54, 1.807) is 4.57 Å². The fourth-order valence-corrected chi connectivity index (χ4v) is 3.12. The molecule has 0 amide bonds. The predicted octanol–water partition coefficient (Wildman–Crippen LogP) is 2.92. The molecule has 2 aromatic heterocycles. The lowest BCUT2D eigenvalue weighted by atomic mass is 10.2. The minimum absolute atomic E-state index is 0.00208. The summed E-state index contributed by atoms with van der Waals surface area (Å²) in [6, 6.07) is 11.6. The van der Waals surface area contributed by atoms with Crippen LogP contribution in [0.3, 0.4) is 0 Å². The molecule has 3 rings (SSSR count). The molecular formula is C16H17N3OS. The number of hydrogen-bond donors (Lipinski definition) is 1. The Balaban J connectivity index is 2.18. The first-order chi connectivity index (χ1) is 10.2. The van der Waals surface area contributed by atoms with Crippen LogP contribution in [-0.2, 0) is 6.54 Å². The van der Waals surface area contributed by atoms with Crippen LogP contribution in [0.15, 0.2) is 46.6 Å². The number of nitrogens with zero attached hydrogens (tertiary/aromatic N) is 2. The van der Waals surface area contributed by atoms with E-state index in [0.29, 0.717) is 17.1 Å². The van der Waals surface area contributed by atoms with Crippen molar-refractivity contribution < 1.29 is 0 Å². The molecule has 0 aliphatic heterocycles. The summed E-state index contributed by atoms with van der Waals surface area (Å²) in [5.41, 5.74) is 7.97. The maximum Gasteiger partial charge on any atom is 0.271 e. The van der Waals surface area contributed by atoms with Crippen molar-refractivity contribution in [3.8, 4) is 0 Å². The van der Waals surface area contributed by atoms with E-state index in [1.807, 2.05) is 48.7 Å². The Hall–Kier alpha value is -1.98. The topological polar surface area (TPSA) is 60.9 Å². The SMILES string of the molecule is CCC(N)c1nc2ccsc2c(=O)n1Cc1ccccc1. The van der Waals surface area contributed by atoms with Crippen LogP contribution in [0.2, 0.25) is 0 Å². The summed E-state index contributed by atoms with van der Waals surface area (Å²) < 4.78 is 2.40. The van der Waals surface area contributed by atoms with Crippen molar-refractivity contribution in [2.24, 2.45) is 5.73 Å². The van der Waals surface area contributed by atoms with Crippen LogP contribution >= 0.6 is 11.3 Å². The molecule has 0 aliphatic rings. The lowest BCUT2D eigenvalue weighted by Gasteiger charge is -2.16. The summed E-state index contributed by atoms with van der Waals surface area (Å²) in [7, 11) is 0. The Kier molecular flexibility index (Phi) is 3.86. The van der Waals surface area contributed by atoms with Crippen molar-refractivity contribution in [3.05, 3.63) is 63.5 Å². The molecule has 0 aliphatic carbocycles. The van der Waals surface area contributed by atoms with Gasteiger partial charge in [0.2, 0.25) is 0 Å².